The second-order valence-electron chi connectivity index (χ2n) is 3.33. The van der Waals surface area contributed by atoms with E-state index in [9.17, 15) is 0 Å². The lowest BCUT2D eigenvalue weighted by Gasteiger charge is -2.08. The highest BCUT2D eigenvalue weighted by molar-refractivity contribution is 5.68. The Morgan fingerprint density at radius 2 is 1.86 bits per heavy atom. The summed E-state index contributed by atoms with van der Waals surface area (Å²) >= 11 is 0. The second-order valence-corrected chi connectivity index (χ2v) is 3.33. The van der Waals surface area contributed by atoms with Gasteiger partial charge in [-0.15, -0.1) is 0 Å². The van der Waals surface area contributed by atoms with Crippen LogP contribution in [0.15, 0.2) is 42.5 Å². The van der Waals surface area contributed by atoms with Crippen LogP contribution in [0.2, 0.25) is 0 Å². The maximum Gasteiger partial charge on any atom is 0.0991 e. The van der Waals surface area contributed by atoms with Crippen LogP contribution >= 0.6 is 0 Å². The molecule has 0 radical (unpaired) electrons. The zero-order valence-electron chi connectivity index (χ0n) is 7.90. The van der Waals surface area contributed by atoms with Crippen molar-refractivity contribution in [2.75, 3.05) is 0 Å². The Kier molecular flexibility index (Phi) is 2.46. The summed E-state index contributed by atoms with van der Waals surface area (Å²) < 4.78 is 0. The molecular formula is C13H11N. The van der Waals surface area contributed by atoms with Gasteiger partial charge in [0.2, 0.25) is 0 Å². The minimum Gasteiger partial charge on any atom is -0.192 e. The minimum absolute atomic E-state index is 0.723. The maximum atomic E-state index is 8.66. The quantitative estimate of drug-likeness (QED) is 0.610. The Balaban J connectivity index is 2.25. The molecule has 68 valence electrons. The molecule has 0 spiro atoms. The van der Waals surface area contributed by atoms with Gasteiger partial charge in [-0.25, -0.2) is 0 Å². The van der Waals surface area contributed by atoms with Crippen LogP contribution in [0.3, 0.4) is 0 Å². The fourth-order valence-corrected chi connectivity index (χ4v) is 1.59. The summed E-state index contributed by atoms with van der Waals surface area (Å²) in [5.41, 5.74) is 3.31. The molecule has 14 heavy (non-hydrogen) atoms. The summed E-state index contributed by atoms with van der Waals surface area (Å²) in [6, 6.07) is 9.90. The standard InChI is InChI=1S/C13H11N/c14-10-11-6-8-13(9-7-11)12-4-2-1-3-5-12/h1-2,5-9H,3-4H2. The highest BCUT2D eigenvalue weighted by Gasteiger charge is 2.01. The van der Waals surface area contributed by atoms with Crippen molar-refractivity contribution in [2.24, 2.45) is 0 Å². The summed E-state index contributed by atoms with van der Waals surface area (Å²) in [5.74, 6) is 0. The largest absolute Gasteiger partial charge is 0.192 e. The number of hydrogen-bond donors (Lipinski definition) is 0. The normalized spacial score (nSPS) is 14.6. The van der Waals surface area contributed by atoms with Crippen molar-refractivity contribution in [2.45, 2.75) is 12.8 Å². The van der Waals surface area contributed by atoms with Crippen LogP contribution in [0.4, 0.5) is 0 Å². The Bertz CT molecular complexity index is 416. The Morgan fingerprint density at radius 1 is 1.07 bits per heavy atom. The predicted octanol–water partition coefficient (Wildman–Crippen LogP) is 3.29. The van der Waals surface area contributed by atoms with Crippen molar-refractivity contribution in [3.8, 4) is 6.07 Å². The number of nitriles is 1. The molecule has 1 aromatic rings. The molecular weight excluding hydrogens is 170 g/mol. The van der Waals surface area contributed by atoms with Crippen molar-refractivity contribution in [1.82, 2.24) is 0 Å². The van der Waals surface area contributed by atoms with E-state index in [4.69, 9.17) is 5.26 Å². The number of benzene rings is 1. The summed E-state index contributed by atoms with van der Waals surface area (Å²) in [4.78, 5) is 0. The number of rotatable bonds is 1. The molecule has 0 aliphatic heterocycles. The van der Waals surface area contributed by atoms with Crippen LogP contribution < -0.4 is 0 Å². The van der Waals surface area contributed by atoms with Gasteiger partial charge in [-0.3, -0.25) is 0 Å². The Morgan fingerprint density at radius 3 is 2.43 bits per heavy atom. The molecule has 1 aliphatic rings. The number of nitrogens with zero attached hydrogens (tertiary/aromatic N) is 1. The van der Waals surface area contributed by atoms with E-state index in [1.54, 1.807) is 0 Å². The third-order valence-corrected chi connectivity index (χ3v) is 2.39. The van der Waals surface area contributed by atoms with Gasteiger partial charge < -0.3 is 0 Å². The van der Waals surface area contributed by atoms with Gasteiger partial charge in [-0.1, -0.05) is 30.4 Å². The van der Waals surface area contributed by atoms with E-state index in [0.29, 0.717) is 0 Å². The van der Waals surface area contributed by atoms with Crippen LogP contribution in [0, 0.1) is 11.3 Å². The van der Waals surface area contributed by atoms with Crippen molar-refractivity contribution < 1.29 is 0 Å². The molecule has 0 atom stereocenters. The van der Waals surface area contributed by atoms with Gasteiger partial charge in [0.15, 0.2) is 0 Å². The molecule has 0 heterocycles. The monoisotopic (exact) mass is 181 g/mol. The van der Waals surface area contributed by atoms with Gasteiger partial charge in [-0.05, 0) is 36.1 Å². The van der Waals surface area contributed by atoms with E-state index >= 15 is 0 Å². The second kappa shape index (κ2) is 3.93. The first kappa shape index (κ1) is 8.77. The molecule has 0 aromatic heterocycles. The average molecular weight is 181 g/mol. The smallest absolute Gasteiger partial charge is 0.0991 e. The van der Waals surface area contributed by atoms with Crippen molar-refractivity contribution in [3.05, 3.63) is 53.6 Å². The van der Waals surface area contributed by atoms with E-state index in [-0.39, 0.29) is 0 Å². The van der Waals surface area contributed by atoms with Gasteiger partial charge in [-0.2, -0.15) is 5.26 Å². The maximum absolute atomic E-state index is 8.66. The van der Waals surface area contributed by atoms with Crippen LogP contribution in [0.5, 0.6) is 0 Å². The van der Waals surface area contributed by atoms with E-state index < -0.39 is 0 Å². The molecule has 1 aromatic carbocycles. The summed E-state index contributed by atoms with van der Waals surface area (Å²) in [7, 11) is 0. The Labute approximate surface area is 84.0 Å². The SMILES string of the molecule is N#Cc1ccc(C2=CCC=CC2)cc1. The van der Waals surface area contributed by atoms with Gasteiger partial charge in [0.1, 0.15) is 0 Å². The topological polar surface area (TPSA) is 23.8 Å². The molecule has 1 heteroatoms. The van der Waals surface area contributed by atoms with E-state index in [2.05, 4.69) is 24.3 Å². The zero-order chi connectivity index (χ0) is 9.80. The molecule has 0 amide bonds. The van der Waals surface area contributed by atoms with Gasteiger partial charge in [0.05, 0.1) is 11.6 Å². The summed E-state index contributed by atoms with van der Waals surface area (Å²) in [5, 5.41) is 8.66. The fourth-order valence-electron chi connectivity index (χ4n) is 1.59. The van der Waals surface area contributed by atoms with Gasteiger partial charge >= 0.3 is 0 Å². The van der Waals surface area contributed by atoms with E-state index in [1.165, 1.54) is 11.1 Å². The van der Waals surface area contributed by atoms with Crippen LogP contribution in [0.1, 0.15) is 24.0 Å². The fraction of sp³-hybridized carbons (Fsp3) is 0.154. The first-order valence-electron chi connectivity index (χ1n) is 4.75. The average Bonchev–Trinajstić information content (AvgIpc) is 2.30. The lowest BCUT2D eigenvalue weighted by atomic mass is 9.97. The highest BCUT2D eigenvalue weighted by Crippen LogP contribution is 2.22. The lowest BCUT2D eigenvalue weighted by Crippen LogP contribution is -1.87. The molecule has 1 aliphatic carbocycles. The zero-order valence-corrected chi connectivity index (χ0v) is 7.90. The summed E-state index contributed by atoms with van der Waals surface area (Å²) in [6.45, 7) is 0. The first-order chi connectivity index (χ1) is 6.90. The van der Waals surface area contributed by atoms with Crippen LogP contribution in [-0.2, 0) is 0 Å². The first-order valence-corrected chi connectivity index (χ1v) is 4.75. The lowest BCUT2D eigenvalue weighted by molar-refractivity contribution is 1.24. The van der Waals surface area contributed by atoms with Gasteiger partial charge in [0, 0.05) is 0 Å². The molecule has 2 rings (SSSR count). The van der Waals surface area contributed by atoms with Gasteiger partial charge in [0.25, 0.3) is 0 Å². The van der Waals surface area contributed by atoms with Crippen molar-refractivity contribution in [1.29, 1.82) is 5.26 Å². The van der Waals surface area contributed by atoms with E-state index in [0.717, 1.165) is 18.4 Å². The van der Waals surface area contributed by atoms with Crippen molar-refractivity contribution >= 4 is 5.57 Å². The van der Waals surface area contributed by atoms with E-state index in [1.807, 2.05) is 24.3 Å². The van der Waals surface area contributed by atoms with Crippen LogP contribution in [-0.4, -0.2) is 0 Å². The third kappa shape index (κ3) is 1.75. The number of allylic oxidation sites excluding steroid dienone is 4. The molecule has 0 bridgehead atoms. The molecule has 0 unspecified atom stereocenters. The molecule has 0 saturated heterocycles. The van der Waals surface area contributed by atoms with Crippen molar-refractivity contribution in [3.63, 3.8) is 0 Å². The Hall–Kier alpha value is -1.81. The molecule has 1 nitrogen and oxygen atoms in total. The highest BCUT2D eigenvalue weighted by atomic mass is 14.2. The molecule has 0 N–H and O–H groups in total. The third-order valence-electron chi connectivity index (χ3n) is 2.39. The minimum atomic E-state index is 0.723. The summed E-state index contributed by atoms with van der Waals surface area (Å²) in [6.07, 6.45) is 8.63. The van der Waals surface area contributed by atoms with Crippen LogP contribution in [0.25, 0.3) is 5.57 Å². The molecule has 0 fully saturated rings. The number of hydrogen-bond acceptors (Lipinski definition) is 1. The predicted molar refractivity (Wildman–Crippen MR) is 57.5 cm³/mol. The molecule has 0 saturated carbocycles.